The third kappa shape index (κ3) is 5.81. The molecular weight excluding hydrogens is 520 g/mol. The normalized spacial score (nSPS) is 16.7. The average Bonchev–Trinajstić information content (AvgIpc) is 3.62. The van der Waals surface area contributed by atoms with Gasteiger partial charge in [0.05, 0.1) is 24.2 Å². The number of carbonyl (C=O) groups is 2. The van der Waals surface area contributed by atoms with Crippen LogP contribution in [-0.4, -0.2) is 80.2 Å². The molecule has 41 heavy (non-hydrogen) atoms. The number of amides is 3. The van der Waals surface area contributed by atoms with Crippen molar-refractivity contribution in [3.8, 4) is 0 Å². The molecule has 214 valence electrons. The predicted molar refractivity (Wildman–Crippen MR) is 154 cm³/mol. The Kier molecular flexibility index (Phi) is 7.44. The van der Waals surface area contributed by atoms with Crippen molar-refractivity contribution in [3.05, 3.63) is 71.0 Å². The monoisotopic (exact) mass is 556 g/mol. The van der Waals surface area contributed by atoms with Crippen molar-refractivity contribution < 1.29 is 14.1 Å². The third-order valence-electron chi connectivity index (χ3n) is 8.12. The number of anilines is 1. The molecule has 3 amide bonds. The minimum Gasteiger partial charge on any atom is -0.343 e. The van der Waals surface area contributed by atoms with Crippen LogP contribution in [0, 0.1) is 6.92 Å². The second kappa shape index (κ2) is 11.3. The Morgan fingerprint density at radius 1 is 1.20 bits per heavy atom. The summed E-state index contributed by atoms with van der Waals surface area (Å²) < 4.78 is 5.70. The van der Waals surface area contributed by atoms with Crippen LogP contribution in [0.3, 0.4) is 0 Å². The molecule has 1 fully saturated rings. The Balaban J connectivity index is 1.14. The zero-order chi connectivity index (χ0) is 28.5. The molecule has 0 saturated carbocycles. The van der Waals surface area contributed by atoms with Crippen LogP contribution in [0.2, 0.25) is 0 Å². The van der Waals surface area contributed by atoms with Crippen LogP contribution in [0.4, 0.5) is 10.5 Å². The van der Waals surface area contributed by atoms with Crippen LogP contribution in [0.25, 0.3) is 10.9 Å². The summed E-state index contributed by atoms with van der Waals surface area (Å²) in [6.07, 6.45) is 4.18. The predicted octanol–water partition coefficient (Wildman–Crippen LogP) is 4.07. The number of hydrogen-bond donors (Lipinski definition) is 2. The number of nitrogens with one attached hydrogen (secondary N) is 2. The number of fused-ring (bicyclic) bond motifs is 2. The lowest BCUT2D eigenvalue weighted by Gasteiger charge is -2.40. The van der Waals surface area contributed by atoms with E-state index in [0.29, 0.717) is 44.3 Å². The van der Waals surface area contributed by atoms with Crippen LogP contribution >= 0.6 is 0 Å². The number of urea groups is 1. The summed E-state index contributed by atoms with van der Waals surface area (Å²) in [4.78, 5) is 36.9. The van der Waals surface area contributed by atoms with Crippen LogP contribution < -0.4 is 5.32 Å². The molecular formula is C30H36N8O3. The number of nitrogens with zero attached hydrogens (tertiary/aromatic N) is 6. The zero-order valence-corrected chi connectivity index (χ0v) is 23.8. The van der Waals surface area contributed by atoms with E-state index in [1.165, 1.54) is 0 Å². The van der Waals surface area contributed by atoms with E-state index in [1.54, 1.807) is 0 Å². The van der Waals surface area contributed by atoms with E-state index < -0.39 is 0 Å². The van der Waals surface area contributed by atoms with Crippen molar-refractivity contribution in [1.82, 2.24) is 35.0 Å². The van der Waals surface area contributed by atoms with Crippen molar-refractivity contribution in [3.63, 3.8) is 0 Å². The number of benzene rings is 2. The van der Waals surface area contributed by atoms with Gasteiger partial charge in [-0.2, -0.15) is 10.1 Å². The van der Waals surface area contributed by atoms with Gasteiger partial charge in [-0.1, -0.05) is 29.4 Å². The number of H-pyrrole nitrogens is 1. The van der Waals surface area contributed by atoms with Crippen molar-refractivity contribution >= 4 is 28.5 Å². The zero-order valence-electron chi connectivity index (χ0n) is 23.8. The maximum atomic E-state index is 13.6. The molecule has 1 unspecified atom stereocenters. The van der Waals surface area contributed by atoms with Crippen molar-refractivity contribution in [2.75, 3.05) is 32.5 Å². The Labute approximate surface area is 238 Å². The molecule has 0 aliphatic carbocycles. The van der Waals surface area contributed by atoms with Gasteiger partial charge in [-0.25, -0.2) is 4.79 Å². The number of aromatic nitrogens is 4. The maximum absolute atomic E-state index is 13.6. The van der Waals surface area contributed by atoms with E-state index in [9.17, 15) is 9.59 Å². The average molecular weight is 557 g/mol. The Morgan fingerprint density at radius 3 is 2.80 bits per heavy atom. The van der Waals surface area contributed by atoms with Crippen LogP contribution in [-0.2, 0) is 24.3 Å². The standard InChI is InChI=1S/C30H36N8O3/c1-19-12-20(14-23-16-31-34-28(19)23)13-22(29-33-26(35-41-29)18-36(2)3)15-27(39)37-10-8-24(9-11-37)38-17-21-6-4-5-7-25(21)32-30(38)40/h4-7,12,14,16,22,24H,8-11,13,15,17-18H2,1-3H3,(H,31,34)(H,32,40). The quantitative estimate of drug-likeness (QED) is 0.335. The Hall–Kier alpha value is -4.25. The smallest absolute Gasteiger partial charge is 0.322 e. The summed E-state index contributed by atoms with van der Waals surface area (Å²) in [5.74, 6) is 0.900. The van der Waals surface area contributed by atoms with E-state index in [4.69, 9.17) is 4.52 Å². The molecule has 0 bridgehead atoms. The Morgan fingerprint density at radius 2 is 2.00 bits per heavy atom. The van der Waals surface area contributed by atoms with Gasteiger partial charge in [-0.05, 0) is 69.1 Å². The number of piperidine rings is 1. The molecule has 0 radical (unpaired) electrons. The van der Waals surface area contributed by atoms with Gasteiger partial charge in [0.2, 0.25) is 11.8 Å². The van der Waals surface area contributed by atoms with Crippen molar-refractivity contribution in [2.45, 2.75) is 57.7 Å². The maximum Gasteiger partial charge on any atom is 0.322 e. The molecule has 2 aliphatic heterocycles. The number of carbonyl (C=O) groups excluding carboxylic acids is 2. The second-order valence-corrected chi connectivity index (χ2v) is 11.5. The molecule has 1 saturated heterocycles. The summed E-state index contributed by atoms with van der Waals surface area (Å²) in [6, 6.07) is 12.2. The van der Waals surface area contributed by atoms with Gasteiger partial charge in [0.15, 0.2) is 5.82 Å². The highest BCUT2D eigenvalue weighted by Gasteiger charge is 2.34. The lowest BCUT2D eigenvalue weighted by Crippen LogP contribution is -2.51. The molecule has 4 heterocycles. The molecule has 1 atom stereocenters. The first kappa shape index (κ1) is 26.9. The summed E-state index contributed by atoms with van der Waals surface area (Å²) in [6.45, 7) is 4.42. The molecule has 2 aromatic carbocycles. The molecule has 2 aliphatic rings. The number of likely N-dealkylation sites (tertiary alicyclic amines) is 1. The number of aromatic amines is 1. The van der Waals surface area contributed by atoms with E-state index >= 15 is 0 Å². The highest BCUT2D eigenvalue weighted by molar-refractivity contribution is 5.92. The van der Waals surface area contributed by atoms with E-state index in [0.717, 1.165) is 46.1 Å². The van der Waals surface area contributed by atoms with Gasteiger partial charge in [-0.15, -0.1) is 0 Å². The summed E-state index contributed by atoms with van der Waals surface area (Å²) in [7, 11) is 3.91. The Bertz CT molecular complexity index is 1550. The highest BCUT2D eigenvalue weighted by atomic mass is 16.5. The number of rotatable bonds is 8. The molecule has 4 aromatic rings. The van der Waals surface area contributed by atoms with E-state index in [2.05, 4.69) is 44.7 Å². The van der Waals surface area contributed by atoms with Gasteiger partial charge in [0.1, 0.15) is 0 Å². The minimum absolute atomic E-state index is 0.0652. The van der Waals surface area contributed by atoms with Crippen molar-refractivity contribution in [1.29, 1.82) is 0 Å². The van der Waals surface area contributed by atoms with Gasteiger partial charge in [-0.3, -0.25) is 9.89 Å². The largest absolute Gasteiger partial charge is 0.343 e. The fourth-order valence-corrected chi connectivity index (χ4v) is 6.03. The fraction of sp³-hybridized carbons (Fsp3) is 0.433. The molecule has 2 aromatic heterocycles. The first-order valence-corrected chi connectivity index (χ1v) is 14.2. The molecule has 11 nitrogen and oxygen atoms in total. The summed E-state index contributed by atoms with van der Waals surface area (Å²) in [5.41, 5.74) is 5.21. The molecule has 6 rings (SSSR count). The lowest BCUT2D eigenvalue weighted by atomic mass is 9.93. The first-order valence-electron chi connectivity index (χ1n) is 14.2. The number of aryl methyl sites for hydroxylation is 1. The molecule has 11 heteroatoms. The number of para-hydroxylation sites is 1. The van der Waals surface area contributed by atoms with Crippen molar-refractivity contribution in [2.24, 2.45) is 0 Å². The summed E-state index contributed by atoms with van der Waals surface area (Å²) in [5, 5.41) is 15.4. The third-order valence-corrected chi connectivity index (χ3v) is 8.12. The first-order chi connectivity index (χ1) is 19.8. The van der Waals surface area contributed by atoms with Gasteiger partial charge in [0, 0.05) is 43.2 Å². The van der Waals surface area contributed by atoms with Crippen LogP contribution in [0.15, 0.2) is 47.1 Å². The second-order valence-electron chi connectivity index (χ2n) is 11.5. The topological polar surface area (TPSA) is 123 Å². The van der Waals surface area contributed by atoms with E-state index in [1.807, 2.05) is 59.3 Å². The minimum atomic E-state index is -0.253. The molecule has 0 spiro atoms. The van der Waals surface area contributed by atoms with E-state index in [-0.39, 0.29) is 30.3 Å². The fourth-order valence-electron chi connectivity index (χ4n) is 6.03. The van der Waals surface area contributed by atoms with Crippen LogP contribution in [0.1, 0.15) is 53.6 Å². The van der Waals surface area contributed by atoms with Gasteiger partial charge >= 0.3 is 6.03 Å². The lowest BCUT2D eigenvalue weighted by molar-refractivity contribution is -0.133. The number of hydrogen-bond acceptors (Lipinski definition) is 7. The van der Waals surface area contributed by atoms with Crippen LogP contribution in [0.5, 0.6) is 0 Å². The van der Waals surface area contributed by atoms with Gasteiger partial charge in [0.25, 0.3) is 0 Å². The summed E-state index contributed by atoms with van der Waals surface area (Å²) >= 11 is 0. The van der Waals surface area contributed by atoms with Gasteiger partial charge < -0.3 is 24.5 Å². The highest BCUT2D eigenvalue weighted by Crippen LogP contribution is 2.30. The molecule has 2 N–H and O–H groups in total. The SMILES string of the molecule is Cc1cc(CC(CC(=O)N2CCC(N3Cc4ccccc4NC3=O)CC2)c2nc(CN(C)C)no2)cc2cn[nH]c12.